The van der Waals surface area contributed by atoms with Crippen LogP contribution in [0.15, 0.2) is 59.0 Å². The Morgan fingerprint density at radius 2 is 1.82 bits per heavy atom. The van der Waals surface area contributed by atoms with E-state index in [-0.39, 0.29) is 22.8 Å². The smallest absolute Gasteiger partial charge is 0.270 e. The number of non-ortho nitro benzene ring substituents is 1. The van der Waals surface area contributed by atoms with Gasteiger partial charge in [0.2, 0.25) is 0 Å². The van der Waals surface area contributed by atoms with Crippen LogP contribution in [0.3, 0.4) is 0 Å². The molecule has 138 valence electrons. The zero-order chi connectivity index (χ0) is 20.1. The molecular formula is C17H10N6O4S. The Labute approximate surface area is 161 Å². The molecule has 0 aliphatic rings. The Hall–Kier alpha value is -4.17. The highest BCUT2D eigenvalue weighted by molar-refractivity contribution is 7.12. The summed E-state index contributed by atoms with van der Waals surface area (Å²) in [6.07, 6.45) is 0. The van der Waals surface area contributed by atoms with Gasteiger partial charge < -0.3 is 0 Å². The number of nitro groups is 2. The Bertz CT molecular complexity index is 1120. The van der Waals surface area contributed by atoms with E-state index in [0.717, 1.165) is 11.3 Å². The summed E-state index contributed by atoms with van der Waals surface area (Å²) in [5.74, 6) is 0. The van der Waals surface area contributed by atoms with Gasteiger partial charge in [-0.25, -0.2) is 4.98 Å². The number of nitrogens with one attached hydrogen (secondary N) is 1. The monoisotopic (exact) mass is 394 g/mol. The average molecular weight is 394 g/mol. The van der Waals surface area contributed by atoms with E-state index in [1.54, 1.807) is 23.6 Å². The number of hydrazone groups is 1. The quantitative estimate of drug-likeness (QED) is 0.378. The Morgan fingerprint density at radius 3 is 2.46 bits per heavy atom. The van der Waals surface area contributed by atoms with E-state index in [9.17, 15) is 25.5 Å². The Morgan fingerprint density at radius 1 is 1.11 bits per heavy atom. The van der Waals surface area contributed by atoms with Crippen LogP contribution in [0.1, 0.15) is 5.01 Å². The number of thiazole rings is 1. The second-order valence-electron chi connectivity index (χ2n) is 5.30. The highest BCUT2D eigenvalue weighted by Gasteiger charge is 2.14. The summed E-state index contributed by atoms with van der Waals surface area (Å²) >= 11 is 1.16. The fourth-order valence-corrected chi connectivity index (χ4v) is 3.00. The minimum Gasteiger partial charge on any atom is -0.270 e. The van der Waals surface area contributed by atoms with Crippen LogP contribution in [0.25, 0.3) is 11.3 Å². The lowest BCUT2D eigenvalue weighted by atomic mass is 10.1. The first-order valence-corrected chi connectivity index (χ1v) is 8.55. The van der Waals surface area contributed by atoms with Crippen molar-refractivity contribution < 1.29 is 9.85 Å². The molecule has 0 amide bonds. The molecule has 0 aliphatic heterocycles. The van der Waals surface area contributed by atoms with Crippen LogP contribution in [-0.2, 0) is 0 Å². The second-order valence-corrected chi connectivity index (χ2v) is 6.16. The molecule has 28 heavy (non-hydrogen) atoms. The van der Waals surface area contributed by atoms with Crippen molar-refractivity contribution in [2.45, 2.75) is 0 Å². The molecule has 1 N–H and O–H groups in total. The normalized spacial score (nSPS) is 10.9. The van der Waals surface area contributed by atoms with Gasteiger partial charge in [-0.2, -0.15) is 10.4 Å². The topological polar surface area (TPSA) is 147 Å². The van der Waals surface area contributed by atoms with Gasteiger partial charge in [0.05, 0.1) is 15.5 Å². The van der Waals surface area contributed by atoms with Gasteiger partial charge in [0, 0.05) is 29.1 Å². The van der Waals surface area contributed by atoms with Gasteiger partial charge in [-0.15, -0.1) is 11.3 Å². The van der Waals surface area contributed by atoms with Crippen molar-refractivity contribution in [2.24, 2.45) is 5.10 Å². The number of rotatable bonds is 6. The number of aromatic nitrogens is 1. The molecule has 1 aromatic heterocycles. The molecule has 0 atom stereocenters. The van der Waals surface area contributed by atoms with Gasteiger partial charge in [0.15, 0.2) is 10.7 Å². The number of anilines is 1. The van der Waals surface area contributed by atoms with Gasteiger partial charge in [-0.1, -0.05) is 12.1 Å². The van der Waals surface area contributed by atoms with E-state index in [1.165, 1.54) is 30.3 Å². The molecule has 10 nitrogen and oxygen atoms in total. The predicted octanol–water partition coefficient (Wildman–Crippen LogP) is 3.97. The number of benzene rings is 2. The number of para-hydroxylation sites is 2. The summed E-state index contributed by atoms with van der Waals surface area (Å²) in [5.41, 5.74) is 3.60. The molecule has 0 saturated carbocycles. The lowest BCUT2D eigenvalue weighted by Gasteiger charge is -2.01. The lowest BCUT2D eigenvalue weighted by molar-refractivity contribution is -0.384. The van der Waals surface area contributed by atoms with Crippen LogP contribution in [0.5, 0.6) is 0 Å². The summed E-state index contributed by atoms with van der Waals surface area (Å²) in [7, 11) is 0. The van der Waals surface area contributed by atoms with Crippen molar-refractivity contribution in [1.82, 2.24) is 4.98 Å². The van der Waals surface area contributed by atoms with E-state index in [1.807, 2.05) is 6.07 Å². The van der Waals surface area contributed by atoms with Crippen LogP contribution in [-0.4, -0.2) is 20.5 Å². The minimum absolute atomic E-state index is 0.0351. The molecule has 1 heterocycles. The van der Waals surface area contributed by atoms with Gasteiger partial charge in [0.1, 0.15) is 11.8 Å². The van der Waals surface area contributed by atoms with Gasteiger partial charge in [0.25, 0.3) is 11.4 Å². The van der Waals surface area contributed by atoms with E-state index in [2.05, 4.69) is 15.5 Å². The molecule has 3 rings (SSSR count). The third-order valence-corrected chi connectivity index (χ3v) is 4.42. The molecule has 0 fully saturated rings. The standard InChI is InChI=1S/C17H10N6O4S/c18-9-14(21-20-13-3-1-2-4-16(13)23(26)27)17-19-15(10-28-17)11-5-7-12(8-6-11)22(24)25/h1-8,10,20H/b21-14+. The molecule has 0 radical (unpaired) electrons. The first-order valence-electron chi connectivity index (χ1n) is 7.67. The average Bonchev–Trinajstić information content (AvgIpc) is 3.19. The van der Waals surface area contributed by atoms with E-state index >= 15 is 0 Å². The third kappa shape index (κ3) is 3.97. The largest absolute Gasteiger partial charge is 0.294 e. The summed E-state index contributed by atoms with van der Waals surface area (Å²) < 4.78 is 0. The molecule has 3 aromatic rings. The second kappa shape index (κ2) is 8.02. The molecule has 0 saturated heterocycles. The molecule has 11 heteroatoms. The first kappa shape index (κ1) is 18.6. The summed E-state index contributed by atoms with van der Waals surface area (Å²) in [6, 6.07) is 13.7. The van der Waals surface area contributed by atoms with Crippen molar-refractivity contribution in [2.75, 3.05) is 5.43 Å². The van der Waals surface area contributed by atoms with Crippen LogP contribution in [0.2, 0.25) is 0 Å². The molecule has 0 spiro atoms. The zero-order valence-electron chi connectivity index (χ0n) is 14.0. The fraction of sp³-hybridized carbons (Fsp3) is 0. The number of hydrogen-bond donors (Lipinski definition) is 1. The number of nitriles is 1. The van der Waals surface area contributed by atoms with Gasteiger partial charge >= 0.3 is 0 Å². The van der Waals surface area contributed by atoms with Gasteiger partial charge in [-0.05, 0) is 18.2 Å². The highest BCUT2D eigenvalue weighted by atomic mass is 32.1. The van der Waals surface area contributed by atoms with Crippen LogP contribution < -0.4 is 5.43 Å². The van der Waals surface area contributed by atoms with Crippen LogP contribution in [0.4, 0.5) is 17.1 Å². The van der Waals surface area contributed by atoms with E-state index < -0.39 is 9.85 Å². The van der Waals surface area contributed by atoms with E-state index in [0.29, 0.717) is 16.3 Å². The summed E-state index contributed by atoms with van der Waals surface area (Å²) in [5, 5.41) is 37.0. The molecular weight excluding hydrogens is 384 g/mol. The van der Waals surface area contributed by atoms with Gasteiger partial charge in [-0.3, -0.25) is 25.7 Å². The number of nitrogens with zero attached hydrogens (tertiary/aromatic N) is 5. The highest BCUT2D eigenvalue weighted by Crippen LogP contribution is 2.26. The lowest BCUT2D eigenvalue weighted by Crippen LogP contribution is -2.03. The zero-order valence-corrected chi connectivity index (χ0v) is 14.8. The summed E-state index contributed by atoms with van der Waals surface area (Å²) in [4.78, 5) is 25.0. The molecule has 0 bridgehead atoms. The third-order valence-electron chi connectivity index (χ3n) is 3.58. The van der Waals surface area contributed by atoms with Crippen LogP contribution in [0, 0.1) is 31.6 Å². The Balaban J connectivity index is 1.84. The summed E-state index contributed by atoms with van der Waals surface area (Å²) in [6.45, 7) is 0. The van der Waals surface area contributed by atoms with E-state index in [4.69, 9.17) is 0 Å². The SMILES string of the molecule is N#C/C(=N\Nc1ccccc1[N+](=O)[O-])c1nc(-c2ccc([N+](=O)[O-])cc2)cs1. The van der Waals surface area contributed by atoms with Crippen molar-refractivity contribution in [3.63, 3.8) is 0 Å². The van der Waals surface area contributed by atoms with Crippen molar-refractivity contribution in [3.05, 3.63) is 79.1 Å². The maximum Gasteiger partial charge on any atom is 0.294 e. The maximum absolute atomic E-state index is 11.0. The van der Waals surface area contributed by atoms with Crippen molar-refractivity contribution in [1.29, 1.82) is 5.26 Å². The van der Waals surface area contributed by atoms with Crippen molar-refractivity contribution in [3.8, 4) is 17.3 Å². The molecule has 2 aromatic carbocycles. The minimum atomic E-state index is -0.556. The molecule has 0 aliphatic carbocycles. The number of hydrogen-bond acceptors (Lipinski definition) is 9. The van der Waals surface area contributed by atoms with Crippen LogP contribution >= 0.6 is 11.3 Å². The predicted molar refractivity (Wildman–Crippen MR) is 103 cm³/mol. The first-order chi connectivity index (χ1) is 13.5. The van der Waals surface area contributed by atoms with Crippen molar-refractivity contribution >= 4 is 34.1 Å². The number of nitro benzene ring substituents is 2. The maximum atomic E-state index is 11.0. The fourth-order valence-electron chi connectivity index (χ4n) is 2.23. The Kier molecular flexibility index (Phi) is 5.33. The molecule has 0 unspecified atom stereocenters.